The highest BCUT2D eigenvalue weighted by Crippen LogP contribution is 2.03. The lowest BCUT2D eigenvalue weighted by molar-refractivity contribution is 0.144. The molecule has 1 rings (SSSR count). The monoisotopic (exact) mass is 171 g/mol. The van der Waals surface area contributed by atoms with Crippen molar-refractivity contribution >= 4 is 6.09 Å². The van der Waals surface area contributed by atoms with Gasteiger partial charge in [0, 0.05) is 0 Å². The Morgan fingerprint density at radius 2 is 2.25 bits per heavy atom. The van der Waals surface area contributed by atoms with Crippen LogP contribution in [0.4, 0.5) is 4.79 Å². The maximum atomic E-state index is 10.9. The Labute approximate surface area is 72.7 Å². The lowest BCUT2D eigenvalue weighted by atomic mass is 10.1. The second-order valence-electron chi connectivity index (χ2n) is 2.81. The Balaban J connectivity index is 2.15. The van der Waals surface area contributed by atoms with Crippen LogP contribution >= 0.6 is 0 Å². The van der Waals surface area contributed by atoms with Gasteiger partial charge in [0.25, 0.3) is 0 Å². The number of piperidine rings is 1. The van der Waals surface area contributed by atoms with Crippen molar-refractivity contribution in [3.63, 3.8) is 0 Å². The summed E-state index contributed by atoms with van der Waals surface area (Å²) < 4.78 is 4.72. The summed E-state index contributed by atoms with van der Waals surface area (Å²) in [4.78, 5) is 10.9. The van der Waals surface area contributed by atoms with Gasteiger partial charge >= 0.3 is 6.09 Å². The number of amides is 1. The summed E-state index contributed by atoms with van der Waals surface area (Å²) in [5.41, 5.74) is 0. The Bertz CT molecular complexity index is 144. The first kappa shape index (κ1) is 9.32. The number of rotatable bonds is 2. The normalized spacial score (nSPS) is 18.8. The zero-order valence-electron chi connectivity index (χ0n) is 7.38. The molecule has 1 amide bonds. The predicted molar refractivity (Wildman–Crippen MR) is 45.0 cm³/mol. The molecule has 1 N–H and O–H groups in total. The summed E-state index contributed by atoms with van der Waals surface area (Å²) in [6.45, 7) is 4.10. The maximum Gasteiger partial charge on any atom is 0.429 e. The van der Waals surface area contributed by atoms with E-state index in [2.05, 4.69) is 10.6 Å². The lowest BCUT2D eigenvalue weighted by Crippen LogP contribution is -2.38. The van der Waals surface area contributed by atoms with Gasteiger partial charge in [0.1, 0.15) is 0 Å². The van der Waals surface area contributed by atoms with Gasteiger partial charge in [-0.25, -0.2) is 10.1 Å². The molecule has 1 saturated heterocycles. The van der Waals surface area contributed by atoms with Gasteiger partial charge in [-0.3, -0.25) is 0 Å². The van der Waals surface area contributed by atoms with Crippen LogP contribution in [0.1, 0.15) is 19.8 Å². The van der Waals surface area contributed by atoms with Crippen LogP contribution in [-0.4, -0.2) is 31.8 Å². The van der Waals surface area contributed by atoms with Crippen molar-refractivity contribution in [2.45, 2.75) is 25.8 Å². The number of carbonyl (C=O) groups is 1. The topological polar surface area (TPSA) is 52.4 Å². The van der Waals surface area contributed by atoms with E-state index in [-0.39, 0.29) is 6.04 Å². The molecule has 0 aromatic carbocycles. The van der Waals surface area contributed by atoms with Crippen molar-refractivity contribution in [2.75, 3.05) is 19.7 Å². The molecule has 1 aliphatic heterocycles. The van der Waals surface area contributed by atoms with Crippen LogP contribution in [0, 0.1) is 0 Å². The summed E-state index contributed by atoms with van der Waals surface area (Å²) in [5, 5.41) is 7.13. The van der Waals surface area contributed by atoms with Crippen molar-refractivity contribution in [1.29, 1.82) is 0 Å². The molecular weight excluding hydrogens is 156 g/mol. The highest BCUT2D eigenvalue weighted by molar-refractivity contribution is 5.67. The fraction of sp³-hybridized carbons (Fsp3) is 0.875. The number of nitrogens with one attached hydrogen (secondary N) is 1. The van der Waals surface area contributed by atoms with E-state index in [4.69, 9.17) is 4.74 Å². The third-order valence-corrected chi connectivity index (χ3v) is 1.86. The van der Waals surface area contributed by atoms with Gasteiger partial charge in [0.05, 0.1) is 12.6 Å². The Kier molecular flexibility index (Phi) is 3.87. The van der Waals surface area contributed by atoms with Gasteiger partial charge in [-0.05, 0) is 32.9 Å². The van der Waals surface area contributed by atoms with Gasteiger partial charge < -0.3 is 10.1 Å². The minimum absolute atomic E-state index is 0.172. The number of carbonyl (C=O) groups excluding carboxylic acids is 1. The van der Waals surface area contributed by atoms with Crippen LogP contribution in [0.2, 0.25) is 0 Å². The van der Waals surface area contributed by atoms with Gasteiger partial charge in [-0.2, -0.15) is 0 Å². The molecule has 4 nitrogen and oxygen atoms in total. The molecule has 0 unspecified atom stereocenters. The largest absolute Gasteiger partial charge is 0.448 e. The highest BCUT2D eigenvalue weighted by atomic mass is 16.5. The molecule has 0 saturated carbocycles. The first-order chi connectivity index (χ1) is 5.83. The summed E-state index contributed by atoms with van der Waals surface area (Å²) in [6, 6.07) is 0.172. The minimum atomic E-state index is -0.413. The third kappa shape index (κ3) is 3.09. The number of nitrogens with zero attached hydrogens (tertiary/aromatic N) is 1. The molecule has 12 heavy (non-hydrogen) atoms. The Morgan fingerprint density at radius 1 is 1.58 bits per heavy atom. The summed E-state index contributed by atoms with van der Waals surface area (Å²) in [6.07, 6.45) is 1.47. The SMILES string of the molecule is CCOC(=O)[N]C1CCNCC1. The van der Waals surface area contributed by atoms with E-state index in [0.717, 1.165) is 25.9 Å². The van der Waals surface area contributed by atoms with Crippen molar-refractivity contribution in [1.82, 2.24) is 10.6 Å². The van der Waals surface area contributed by atoms with E-state index in [1.54, 1.807) is 6.92 Å². The van der Waals surface area contributed by atoms with Crippen molar-refractivity contribution in [3.05, 3.63) is 0 Å². The summed E-state index contributed by atoms with van der Waals surface area (Å²) in [5.74, 6) is 0. The second-order valence-corrected chi connectivity index (χ2v) is 2.81. The van der Waals surface area contributed by atoms with Crippen LogP contribution in [0.25, 0.3) is 0 Å². The molecule has 1 radical (unpaired) electrons. The molecule has 4 heteroatoms. The first-order valence-corrected chi connectivity index (χ1v) is 4.41. The first-order valence-electron chi connectivity index (χ1n) is 4.41. The molecule has 0 atom stereocenters. The van der Waals surface area contributed by atoms with E-state index >= 15 is 0 Å². The molecule has 0 aliphatic carbocycles. The zero-order valence-corrected chi connectivity index (χ0v) is 7.38. The quantitative estimate of drug-likeness (QED) is 0.658. The molecule has 1 fully saturated rings. The van der Waals surface area contributed by atoms with Crippen molar-refractivity contribution in [2.24, 2.45) is 0 Å². The van der Waals surface area contributed by atoms with E-state index in [0.29, 0.717) is 6.61 Å². The summed E-state index contributed by atoms with van der Waals surface area (Å²) >= 11 is 0. The highest BCUT2D eigenvalue weighted by Gasteiger charge is 2.17. The van der Waals surface area contributed by atoms with Gasteiger partial charge in [-0.15, -0.1) is 0 Å². The molecule has 1 heterocycles. The average Bonchev–Trinajstić information content (AvgIpc) is 2.06. The summed E-state index contributed by atoms with van der Waals surface area (Å²) in [7, 11) is 0. The molecule has 0 bridgehead atoms. The lowest BCUT2D eigenvalue weighted by Gasteiger charge is -2.20. The Morgan fingerprint density at radius 3 is 2.83 bits per heavy atom. The molecular formula is C8H15N2O2. The fourth-order valence-corrected chi connectivity index (χ4v) is 1.25. The molecule has 0 spiro atoms. The standard InChI is InChI=1S/C8H15N2O2/c1-2-12-8(11)10-7-3-5-9-6-4-7/h7,9H,2-6H2,1H3. The van der Waals surface area contributed by atoms with Crippen LogP contribution in [0.3, 0.4) is 0 Å². The predicted octanol–water partition coefficient (Wildman–Crippen LogP) is 0.499. The van der Waals surface area contributed by atoms with E-state index in [9.17, 15) is 4.79 Å². The number of hydrogen-bond acceptors (Lipinski definition) is 3. The van der Waals surface area contributed by atoms with E-state index in [1.807, 2.05) is 0 Å². The van der Waals surface area contributed by atoms with E-state index < -0.39 is 6.09 Å². The van der Waals surface area contributed by atoms with Gasteiger partial charge in [0.2, 0.25) is 0 Å². The molecule has 69 valence electrons. The maximum absolute atomic E-state index is 10.9. The molecule has 0 aromatic heterocycles. The van der Waals surface area contributed by atoms with Crippen LogP contribution in [0.15, 0.2) is 0 Å². The number of hydrogen-bond donors (Lipinski definition) is 1. The fourth-order valence-electron chi connectivity index (χ4n) is 1.25. The second kappa shape index (κ2) is 4.98. The average molecular weight is 171 g/mol. The van der Waals surface area contributed by atoms with Crippen LogP contribution in [-0.2, 0) is 4.74 Å². The Hall–Kier alpha value is -0.770. The van der Waals surface area contributed by atoms with Crippen molar-refractivity contribution < 1.29 is 9.53 Å². The third-order valence-electron chi connectivity index (χ3n) is 1.86. The van der Waals surface area contributed by atoms with Crippen LogP contribution in [0.5, 0.6) is 0 Å². The molecule has 1 aliphatic rings. The van der Waals surface area contributed by atoms with Crippen LogP contribution < -0.4 is 10.6 Å². The molecule has 0 aromatic rings. The number of ether oxygens (including phenoxy) is 1. The van der Waals surface area contributed by atoms with Crippen molar-refractivity contribution in [3.8, 4) is 0 Å². The minimum Gasteiger partial charge on any atom is -0.448 e. The van der Waals surface area contributed by atoms with Gasteiger partial charge in [-0.1, -0.05) is 0 Å². The zero-order chi connectivity index (χ0) is 8.81. The van der Waals surface area contributed by atoms with E-state index in [1.165, 1.54) is 0 Å². The smallest absolute Gasteiger partial charge is 0.429 e. The van der Waals surface area contributed by atoms with Gasteiger partial charge in [0.15, 0.2) is 0 Å².